The third kappa shape index (κ3) is 2.92. The fraction of sp³-hybridized carbons (Fsp3) is 0. The molecule has 4 aromatic rings. The van der Waals surface area contributed by atoms with E-state index in [9.17, 15) is 5.11 Å². The minimum atomic E-state index is 0.0461. The minimum Gasteiger partial charge on any atom is -0.289 e. The van der Waals surface area contributed by atoms with Crippen molar-refractivity contribution in [3.63, 3.8) is 0 Å². The molecule has 0 saturated heterocycles. The van der Waals surface area contributed by atoms with Gasteiger partial charge in [-0.2, -0.15) is 0 Å². The third-order valence-corrected chi connectivity index (χ3v) is 4.38. The molecule has 0 fully saturated rings. The van der Waals surface area contributed by atoms with Crippen LogP contribution in [0.3, 0.4) is 0 Å². The molecule has 0 heterocycles. The zero-order chi connectivity index (χ0) is 17.1. The van der Waals surface area contributed by atoms with E-state index in [1.807, 2.05) is 72.8 Å². The lowest BCUT2D eigenvalue weighted by atomic mass is 9.87. The average Bonchev–Trinajstić information content (AvgIpc) is 2.70. The molecular formula is C24H17O. The number of benzene rings is 4. The topological polar surface area (TPSA) is 19.9 Å². The maximum Gasteiger partial charge on any atom is 0.187 e. The molecule has 1 heteroatoms. The lowest BCUT2D eigenvalue weighted by molar-refractivity contribution is 0.357. The van der Waals surface area contributed by atoms with Gasteiger partial charge in [0.05, 0.1) is 0 Å². The van der Waals surface area contributed by atoms with Gasteiger partial charge in [-0.25, -0.2) is 0 Å². The summed E-state index contributed by atoms with van der Waals surface area (Å²) >= 11 is 0. The first-order valence-electron chi connectivity index (χ1n) is 8.35. The van der Waals surface area contributed by atoms with Crippen molar-refractivity contribution in [3.8, 4) is 39.1 Å². The summed E-state index contributed by atoms with van der Waals surface area (Å²) in [6.45, 7) is 0. The number of hydrogen-bond acceptors (Lipinski definition) is 0. The van der Waals surface area contributed by atoms with E-state index in [0.717, 1.165) is 33.4 Å². The van der Waals surface area contributed by atoms with E-state index in [0.29, 0.717) is 0 Å². The van der Waals surface area contributed by atoms with E-state index in [4.69, 9.17) is 0 Å². The summed E-state index contributed by atoms with van der Waals surface area (Å²) in [6.07, 6.45) is 0. The van der Waals surface area contributed by atoms with Crippen molar-refractivity contribution in [2.24, 2.45) is 0 Å². The fourth-order valence-electron chi connectivity index (χ4n) is 3.24. The molecule has 0 aliphatic rings. The van der Waals surface area contributed by atoms with Crippen LogP contribution in [0.25, 0.3) is 33.4 Å². The van der Waals surface area contributed by atoms with Crippen molar-refractivity contribution < 1.29 is 5.11 Å². The maximum atomic E-state index is 12.8. The van der Waals surface area contributed by atoms with Gasteiger partial charge in [-0.3, -0.25) is 5.11 Å². The standard InChI is InChI=1S/C24H17O/c25-22-17-16-21(18-10-4-1-5-11-18)23(19-12-6-2-7-13-19)24(22)20-14-8-3-9-15-20/h1-17H. The molecule has 0 amide bonds. The molecule has 25 heavy (non-hydrogen) atoms. The highest BCUT2D eigenvalue weighted by Crippen LogP contribution is 2.44. The molecule has 0 atom stereocenters. The Morgan fingerprint density at radius 1 is 0.400 bits per heavy atom. The Balaban J connectivity index is 2.08. The molecule has 119 valence electrons. The predicted octanol–water partition coefficient (Wildman–Crippen LogP) is 6.83. The van der Waals surface area contributed by atoms with E-state index in [-0.39, 0.29) is 5.75 Å². The summed E-state index contributed by atoms with van der Waals surface area (Å²) < 4.78 is 0. The Bertz CT molecular complexity index is 974. The average molecular weight is 321 g/mol. The Kier molecular flexibility index (Phi) is 4.05. The lowest BCUT2D eigenvalue weighted by Gasteiger charge is -2.16. The molecular weight excluding hydrogens is 304 g/mol. The van der Waals surface area contributed by atoms with Gasteiger partial charge in [0.1, 0.15) is 0 Å². The van der Waals surface area contributed by atoms with Crippen molar-refractivity contribution in [3.05, 3.63) is 103 Å². The van der Waals surface area contributed by atoms with Crippen LogP contribution < -0.4 is 0 Å². The molecule has 1 radical (unpaired) electrons. The summed E-state index contributed by atoms with van der Waals surface area (Å²) in [6, 6.07) is 33.9. The highest BCUT2D eigenvalue weighted by Gasteiger charge is 2.18. The van der Waals surface area contributed by atoms with Gasteiger partial charge in [-0.1, -0.05) is 91.0 Å². The second kappa shape index (κ2) is 6.66. The van der Waals surface area contributed by atoms with E-state index < -0.39 is 0 Å². The van der Waals surface area contributed by atoms with Gasteiger partial charge in [0, 0.05) is 11.1 Å². The van der Waals surface area contributed by atoms with Crippen LogP contribution in [0.4, 0.5) is 0 Å². The second-order valence-corrected chi connectivity index (χ2v) is 5.96. The van der Waals surface area contributed by atoms with Crippen LogP contribution in [-0.4, -0.2) is 0 Å². The molecule has 0 aliphatic heterocycles. The van der Waals surface area contributed by atoms with Crippen molar-refractivity contribution in [2.75, 3.05) is 0 Å². The largest absolute Gasteiger partial charge is 0.289 e. The molecule has 0 N–H and O–H groups in total. The summed E-state index contributed by atoms with van der Waals surface area (Å²) in [5.41, 5.74) is 5.93. The summed E-state index contributed by atoms with van der Waals surface area (Å²) in [4.78, 5) is 0. The Hall–Kier alpha value is -3.32. The molecule has 0 bridgehead atoms. The maximum absolute atomic E-state index is 12.8. The van der Waals surface area contributed by atoms with Crippen LogP contribution in [0.1, 0.15) is 0 Å². The van der Waals surface area contributed by atoms with Crippen LogP contribution >= 0.6 is 0 Å². The first kappa shape index (κ1) is 15.2. The lowest BCUT2D eigenvalue weighted by Crippen LogP contribution is -1.91. The van der Waals surface area contributed by atoms with E-state index >= 15 is 0 Å². The summed E-state index contributed by atoms with van der Waals surface area (Å²) in [7, 11) is 0. The van der Waals surface area contributed by atoms with Crippen molar-refractivity contribution >= 4 is 0 Å². The molecule has 0 aliphatic carbocycles. The minimum absolute atomic E-state index is 0.0461. The van der Waals surface area contributed by atoms with Crippen LogP contribution in [0.15, 0.2) is 103 Å². The highest BCUT2D eigenvalue weighted by atomic mass is 16.3. The van der Waals surface area contributed by atoms with E-state index in [1.165, 1.54) is 0 Å². The molecule has 4 aromatic carbocycles. The number of rotatable bonds is 3. The first-order chi connectivity index (χ1) is 12.3. The van der Waals surface area contributed by atoms with Gasteiger partial charge in [-0.05, 0) is 34.4 Å². The van der Waals surface area contributed by atoms with Gasteiger partial charge < -0.3 is 0 Å². The molecule has 0 aromatic heterocycles. The SMILES string of the molecule is [O]c1ccc(-c2ccccc2)c(-c2ccccc2)c1-c1ccccc1. The smallest absolute Gasteiger partial charge is 0.187 e. The van der Waals surface area contributed by atoms with Crippen molar-refractivity contribution in [1.82, 2.24) is 0 Å². The number of hydrogen-bond donors (Lipinski definition) is 0. The van der Waals surface area contributed by atoms with Gasteiger partial charge in [0.25, 0.3) is 0 Å². The Morgan fingerprint density at radius 3 is 1.36 bits per heavy atom. The highest BCUT2D eigenvalue weighted by molar-refractivity contribution is 5.97. The van der Waals surface area contributed by atoms with Gasteiger partial charge >= 0.3 is 0 Å². The molecule has 0 spiro atoms. The van der Waals surface area contributed by atoms with E-state index in [1.54, 1.807) is 6.07 Å². The Labute approximate surface area is 147 Å². The van der Waals surface area contributed by atoms with Gasteiger partial charge in [-0.15, -0.1) is 0 Å². The second-order valence-electron chi connectivity index (χ2n) is 5.96. The van der Waals surface area contributed by atoms with Crippen LogP contribution in [0.2, 0.25) is 0 Å². The molecule has 0 unspecified atom stereocenters. The summed E-state index contributed by atoms with van der Waals surface area (Å²) in [5.74, 6) is 0.0461. The van der Waals surface area contributed by atoms with Crippen LogP contribution in [0, 0.1) is 0 Å². The van der Waals surface area contributed by atoms with Crippen molar-refractivity contribution in [2.45, 2.75) is 0 Å². The zero-order valence-electron chi connectivity index (χ0n) is 13.7. The fourth-order valence-corrected chi connectivity index (χ4v) is 3.24. The van der Waals surface area contributed by atoms with Gasteiger partial charge in [0.15, 0.2) is 5.75 Å². The molecule has 4 rings (SSSR count). The quantitative estimate of drug-likeness (QED) is 0.394. The normalized spacial score (nSPS) is 10.6. The van der Waals surface area contributed by atoms with Gasteiger partial charge in [0.2, 0.25) is 0 Å². The van der Waals surface area contributed by atoms with E-state index in [2.05, 4.69) is 24.3 Å². The Morgan fingerprint density at radius 2 is 0.840 bits per heavy atom. The third-order valence-electron chi connectivity index (χ3n) is 4.38. The zero-order valence-corrected chi connectivity index (χ0v) is 13.7. The summed E-state index contributed by atoms with van der Waals surface area (Å²) in [5, 5.41) is 12.8. The van der Waals surface area contributed by atoms with Crippen LogP contribution in [0.5, 0.6) is 5.75 Å². The molecule has 1 nitrogen and oxygen atoms in total. The first-order valence-corrected chi connectivity index (χ1v) is 8.35. The monoisotopic (exact) mass is 321 g/mol. The molecule has 0 saturated carbocycles. The van der Waals surface area contributed by atoms with Crippen molar-refractivity contribution in [1.29, 1.82) is 0 Å². The predicted molar refractivity (Wildman–Crippen MR) is 103 cm³/mol. The van der Waals surface area contributed by atoms with Crippen LogP contribution in [-0.2, 0) is 5.11 Å².